The summed E-state index contributed by atoms with van der Waals surface area (Å²) in [6, 6.07) is 22.1. The normalized spacial score (nSPS) is 10.7. The van der Waals surface area contributed by atoms with Crippen LogP contribution in [0.3, 0.4) is 0 Å². The number of anilines is 1. The average molecular weight is 419 g/mol. The molecule has 1 aromatic heterocycles. The van der Waals surface area contributed by atoms with Crippen LogP contribution < -0.4 is 5.32 Å². The van der Waals surface area contributed by atoms with Gasteiger partial charge in [-0.15, -0.1) is 0 Å². The van der Waals surface area contributed by atoms with Crippen LogP contribution in [-0.2, 0) is 21.1 Å². The lowest BCUT2D eigenvalue weighted by atomic mass is 10.1. The zero-order valence-corrected chi connectivity index (χ0v) is 17.2. The van der Waals surface area contributed by atoms with Gasteiger partial charge in [-0.05, 0) is 54.7 Å². The van der Waals surface area contributed by atoms with Gasteiger partial charge in [0.2, 0.25) is 5.91 Å². The first-order chi connectivity index (χ1) is 14.5. The Kier molecular flexibility index (Phi) is 7.36. The molecule has 2 aromatic carbocycles. The lowest BCUT2D eigenvalue weighted by Crippen LogP contribution is -2.25. The van der Waals surface area contributed by atoms with Crippen molar-refractivity contribution in [1.29, 1.82) is 0 Å². The fourth-order valence-corrected chi connectivity index (χ4v) is 4.06. The summed E-state index contributed by atoms with van der Waals surface area (Å²) in [6.07, 6.45) is 2.82. The number of amides is 1. The largest absolute Gasteiger partial charge is 0.325 e. The Hall–Kier alpha value is -3.43. The molecule has 0 bridgehead atoms. The van der Waals surface area contributed by atoms with Gasteiger partial charge in [0.25, 0.3) is 0 Å². The van der Waals surface area contributed by atoms with E-state index in [4.69, 9.17) is 0 Å². The van der Waals surface area contributed by atoms with Crippen LogP contribution in [0.5, 0.6) is 0 Å². The Balaban J connectivity index is 1.53. The summed E-state index contributed by atoms with van der Waals surface area (Å²) in [5, 5.41) is 2.64. The number of nitrogens with zero attached hydrogens (tertiary/aromatic N) is 1. The molecular formula is C24H22N2O3S. The molecule has 0 aliphatic carbocycles. The van der Waals surface area contributed by atoms with E-state index in [0.29, 0.717) is 29.8 Å². The standard InChI is InChI=1S/C24H22N2O3S/c27-24(19-30(28,29)17-7-11-20-8-2-1-3-9-20)26-23-13-6-10-21(18-23)14-15-22-12-4-5-16-25-22/h1-6,8-10,12-13,16,18H,7,11,17,19H2,(H,26,27). The molecule has 1 heterocycles. The quantitative estimate of drug-likeness (QED) is 0.596. The monoisotopic (exact) mass is 418 g/mol. The van der Waals surface area contributed by atoms with E-state index in [2.05, 4.69) is 22.1 Å². The molecule has 3 aromatic rings. The number of carbonyl (C=O) groups excluding carboxylic acids is 1. The molecule has 0 atom stereocenters. The Labute approximate surface area is 177 Å². The molecular weight excluding hydrogens is 396 g/mol. The van der Waals surface area contributed by atoms with Gasteiger partial charge >= 0.3 is 0 Å². The van der Waals surface area contributed by atoms with Crippen molar-refractivity contribution in [3.8, 4) is 11.8 Å². The molecule has 6 heteroatoms. The van der Waals surface area contributed by atoms with Crippen molar-refractivity contribution in [1.82, 2.24) is 4.98 Å². The maximum atomic E-state index is 12.3. The number of rotatable bonds is 7. The zero-order chi connectivity index (χ0) is 21.2. The molecule has 5 nitrogen and oxygen atoms in total. The summed E-state index contributed by atoms with van der Waals surface area (Å²) in [5.74, 6) is 4.82. The van der Waals surface area contributed by atoms with Gasteiger partial charge in [-0.3, -0.25) is 4.79 Å². The van der Waals surface area contributed by atoms with Gasteiger partial charge in [-0.2, -0.15) is 0 Å². The minimum absolute atomic E-state index is 0.0229. The van der Waals surface area contributed by atoms with Crippen LogP contribution in [0.25, 0.3) is 0 Å². The molecule has 30 heavy (non-hydrogen) atoms. The van der Waals surface area contributed by atoms with Crippen molar-refractivity contribution in [2.45, 2.75) is 12.8 Å². The first-order valence-electron chi connectivity index (χ1n) is 9.57. The highest BCUT2D eigenvalue weighted by Gasteiger charge is 2.16. The topological polar surface area (TPSA) is 76.1 Å². The molecule has 0 saturated carbocycles. The molecule has 1 amide bonds. The molecule has 1 N–H and O–H groups in total. The minimum atomic E-state index is -3.48. The Morgan fingerprint density at radius 3 is 2.50 bits per heavy atom. The fraction of sp³-hybridized carbons (Fsp3) is 0.167. The Morgan fingerprint density at radius 1 is 0.933 bits per heavy atom. The van der Waals surface area contributed by atoms with Crippen LogP contribution in [0.1, 0.15) is 23.2 Å². The SMILES string of the molecule is O=C(CS(=O)(=O)CCCc1ccccc1)Nc1cccc(C#Cc2ccccn2)c1. The maximum absolute atomic E-state index is 12.3. The van der Waals surface area contributed by atoms with Crippen molar-refractivity contribution in [3.63, 3.8) is 0 Å². The summed E-state index contributed by atoms with van der Waals surface area (Å²) in [5.41, 5.74) is 2.94. The number of carbonyl (C=O) groups is 1. The molecule has 0 saturated heterocycles. The number of aryl methyl sites for hydroxylation is 1. The van der Waals surface area contributed by atoms with Crippen LogP contribution in [0, 0.1) is 11.8 Å². The van der Waals surface area contributed by atoms with E-state index in [1.165, 1.54) is 0 Å². The summed E-state index contributed by atoms with van der Waals surface area (Å²) in [6.45, 7) is 0. The van der Waals surface area contributed by atoms with Crippen molar-refractivity contribution >= 4 is 21.4 Å². The lowest BCUT2D eigenvalue weighted by molar-refractivity contribution is -0.113. The van der Waals surface area contributed by atoms with E-state index in [1.54, 1.807) is 30.5 Å². The van der Waals surface area contributed by atoms with Gasteiger partial charge in [-0.25, -0.2) is 13.4 Å². The molecule has 3 rings (SSSR count). The smallest absolute Gasteiger partial charge is 0.239 e. The molecule has 0 unspecified atom stereocenters. The number of benzene rings is 2. The number of hydrogen-bond donors (Lipinski definition) is 1. The third kappa shape index (κ3) is 7.19. The lowest BCUT2D eigenvalue weighted by Gasteiger charge is -2.07. The summed E-state index contributed by atoms with van der Waals surface area (Å²) < 4.78 is 24.5. The van der Waals surface area contributed by atoms with Gasteiger partial charge in [0.1, 0.15) is 11.4 Å². The number of hydrogen-bond acceptors (Lipinski definition) is 4. The molecule has 0 radical (unpaired) electrons. The van der Waals surface area contributed by atoms with Gasteiger partial charge in [0.05, 0.1) is 5.75 Å². The second-order valence-corrected chi connectivity index (χ2v) is 8.96. The predicted octanol–water partition coefficient (Wildman–Crippen LogP) is 3.47. The average Bonchev–Trinajstić information content (AvgIpc) is 2.73. The molecule has 0 aliphatic rings. The van der Waals surface area contributed by atoms with E-state index in [1.807, 2.05) is 48.5 Å². The van der Waals surface area contributed by atoms with Crippen LogP contribution >= 0.6 is 0 Å². The van der Waals surface area contributed by atoms with Gasteiger partial charge < -0.3 is 5.32 Å². The molecule has 0 spiro atoms. The van der Waals surface area contributed by atoms with Crippen LogP contribution in [0.4, 0.5) is 5.69 Å². The highest BCUT2D eigenvalue weighted by Crippen LogP contribution is 2.11. The van der Waals surface area contributed by atoms with Crippen LogP contribution in [0.15, 0.2) is 79.0 Å². The third-order valence-corrected chi connectivity index (χ3v) is 5.87. The fourth-order valence-electron chi connectivity index (χ4n) is 2.86. The first-order valence-corrected chi connectivity index (χ1v) is 11.4. The maximum Gasteiger partial charge on any atom is 0.239 e. The highest BCUT2D eigenvalue weighted by atomic mass is 32.2. The van der Waals surface area contributed by atoms with Crippen molar-refractivity contribution < 1.29 is 13.2 Å². The van der Waals surface area contributed by atoms with Gasteiger partial charge in [-0.1, -0.05) is 48.4 Å². The zero-order valence-electron chi connectivity index (χ0n) is 16.4. The molecule has 0 fully saturated rings. The Morgan fingerprint density at radius 2 is 1.73 bits per heavy atom. The third-order valence-electron chi connectivity index (χ3n) is 4.26. The summed E-state index contributed by atoms with van der Waals surface area (Å²) in [4.78, 5) is 16.4. The predicted molar refractivity (Wildman–Crippen MR) is 119 cm³/mol. The van der Waals surface area contributed by atoms with Crippen molar-refractivity contribution in [3.05, 3.63) is 95.8 Å². The van der Waals surface area contributed by atoms with Crippen molar-refractivity contribution in [2.75, 3.05) is 16.8 Å². The molecule has 152 valence electrons. The van der Waals surface area contributed by atoms with E-state index in [9.17, 15) is 13.2 Å². The second-order valence-electron chi connectivity index (χ2n) is 6.78. The van der Waals surface area contributed by atoms with Crippen molar-refractivity contribution in [2.24, 2.45) is 0 Å². The van der Waals surface area contributed by atoms with Crippen LogP contribution in [0.2, 0.25) is 0 Å². The first kappa shape index (κ1) is 21.3. The highest BCUT2D eigenvalue weighted by molar-refractivity contribution is 7.92. The van der Waals surface area contributed by atoms with E-state index in [0.717, 1.165) is 5.56 Å². The van der Waals surface area contributed by atoms with E-state index < -0.39 is 21.5 Å². The minimum Gasteiger partial charge on any atom is -0.325 e. The number of sulfone groups is 1. The van der Waals surface area contributed by atoms with Crippen LogP contribution in [-0.4, -0.2) is 30.8 Å². The van der Waals surface area contributed by atoms with E-state index >= 15 is 0 Å². The second kappa shape index (κ2) is 10.4. The van der Waals surface area contributed by atoms with Gasteiger partial charge in [0, 0.05) is 17.4 Å². The number of pyridine rings is 1. The number of aromatic nitrogens is 1. The summed E-state index contributed by atoms with van der Waals surface area (Å²) in [7, 11) is -3.48. The van der Waals surface area contributed by atoms with E-state index in [-0.39, 0.29) is 5.75 Å². The summed E-state index contributed by atoms with van der Waals surface area (Å²) >= 11 is 0. The number of nitrogens with one attached hydrogen (secondary N) is 1. The molecule has 0 aliphatic heterocycles. The Bertz CT molecular complexity index is 1150. The van der Waals surface area contributed by atoms with Gasteiger partial charge in [0.15, 0.2) is 9.84 Å².